The van der Waals surface area contributed by atoms with Gasteiger partial charge in [0, 0.05) is 45.8 Å². The average Bonchev–Trinajstić information content (AvgIpc) is 3.49. The first-order chi connectivity index (χ1) is 18.5. The van der Waals surface area contributed by atoms with Crippen LogP contribution in [-0.4, -0.2) is 103 Å². The molecule has 2 N–H and O–H groups in total. The quantitative estimate of drug-likeness (QED) is 0.524. The smallest absolute Gasteiger partial charge is 0.290 e. The summed E-state index contributed by atoms with van der Waals surface area (Å²) >= 11 is 0. The molecule has 3 saturated heterocycles. The summed E-state index contributed by atoms with van der Waals surface area (Å²) in [5.41, 5.74) is 1.10. The molecular formula is C28H37N3O7. The molecule has 1 spiro atoms. The first-order valence-corrected chi connectivity index (χ1v) is 12.8. The van der Waals surface area contributed by atoms with Crippen LogP contribution in [-0.2, 0) is 25.7 Å². The summed E-state index contributed by atoms with van der Waals surface area (Å²) in [6, 6.07) is 18.2. The Morgan fingerprint density at radius 1 is 0.816 bits per heavy atom. The van der Waals surface area contributed by atoms with E-state index in [4.69, 9.17) is 29.3 Å². The zero-order valence-corrected chi connectivity index (χ0v) is 21.6. The monoisotopic (exact) mass is 527 g/mol. The molecule has 3 fully saturated rings. The number of nitrogens with zero attached hydrogens (tertiary/aromatic N) is 3. The highest BCUT2D eigenvalue weighted by Gasteiger charge is 2.50. The van der Waals surface area contributed by atoms with Crippen molar-refractivity contribution in [3.05, 3.63) is 60.2 Å². The first-order valence-electron chi connectivity index (χ1n) is 12.8. The van der Waals surface area contributed by atoms with Crippen LogP contribution in [0.5, 0.6) is 11.5 Å². The van der Waals surface area contributed by atoms with Gasteiger partial charge in [-0.15, -0.1) is 0 Å². The molecule has 3 aliphatic heterocycles. The van der Waals surface area contributed by atoms with E-state index in [2.05, 4.69) is 26.8 Å². The van der Waals surface area contributed by atoms with Gasteiger partial charge in [0.25, 0.3) is 12.9 Å². The van der Waals surface area contributed by atoms with Gasteiger partial charge in [0.05, 0.1) is 18.6 Å². The third-order valence-corrected chi connectivity index (χ3v) is 7.13. The molecule has 38 heavy (non-hydrogen) atoms. The average molecular weight is 528 g/mol. The van der Waals surface area contributed by atoms with Gasteiger partial charge < -0.3 is 24.6 Å². The van der Waals surface area contributed by atoms with Gasteiger partial charge in [0.2, 0.25) is 5.91 Å². The number of carbonyl (C=O) groups excluding carboxylic acids is 1. The molecule has 2 aromatic rings. The maximum Gasteiger partial charge on any atom is 0.290 e. The van der Waals surface area contributed by atoms with Crippen molar-refractivity contribution in [2.24, 2.45) is 5.41 Å². The Labute approximate surface area is 223 Å². The fraction of sp³-hybridized carbons (Fsp3) is 0.464. The highest BCUT2D eigenvalue weighted by molar-refractivity contribution is 5.85. The number of hydrogen-bond donors (Lipinski definition) is 2. The number of likely N-dealkylation sites (tertiary alicyclic amines) is 2. The van der Waals surface area contributed by atoms with Crippen LogP contribution < -0.4 is 4.74 Å². The van der Waals surface area contributed by atoms with E-state index < -0.39 is 0 Å². The molecule has 3 heterocycles. The van der Waals surface area contributed by atoms with Crippen LogP contribution in [0.15, 0.2) is 54.6 Å². The summed E-state index contributed by atoms with van der Waals surface area (Å²) in [6.45, 7) is 8.56. The molecule has 1 amide bonds. The van der Waals surface area contributed by atoms with Crippen LogP contribution in [0.25, 0.3) is 0 Å². The zero-order valence-electron chi connectivity index (χ0n) is 21.6. The van der Waals surface area contributed by atoms with Gasteiger partial charge in [-0.25, -0.2) is 0 Å². The Morgan fingerprint density at radius 3 is 2.08 bits per heavy atom. The van der Waals surface area contributed by atoms with E-state index in [9.17, 15) is 4.79 Å². The predicted octanol–water partition coefficient (Wildman–Crippen LogP) is 2.64. The fourth-order valence-corrected chi connectivity index (χ4v) is 5.21. The van der Waals surface area contributed by atoms with E-state index in [1.165, 1.54) is 5.56 Å². The number of carboxylic acid groups (broad SMARTS) is 2. The van der Waals surface area contributed by atoms with Crippen molar-refractivity contribution in [1.82, 2.24) is 14.7 Å². The SMILES string of the molecule is O=C1N(CCN2CCOCC2)CCC12CCN(Cc1ccc(Oc3ccccc3)cc1)C2.O=CO.O=CO. The second-order valence-electron chi connectivity index (χ2n) is 9.51. The second-order valence-corrected chi connectivity index (χ2v) is 9.51. The van der Waals surface area contributed by atoms with E-state index in [0.29, 0.717) is 5.91 Å². The number of benzene rings is 2. The molecule has 10 nitrogen and oxygen atoms in total. The van der Waals surface area contributed by atoms with Crippen molar-refractivity contribution < 1.29 is 34.1 Å². The van der Waals surface area contributed by atoms with E-state index in [1.807, 2.05) is 42.5 Å². The predicted molar refractivity (Wildman–Crippen MR) is 141 cm³/mol. The van der Waals surface area contributed by atoms with Crippen molar-refractivity contribution in [1.29, 1.82) is 0 Å². The lowest BCUT2D eigenvalue weighted by Crippen LogP contribution is -2.43. The summed E-state index contributed by atoms with van der Waals surface area (Å²) in [5, 5.41) is 13.8. The van der Waals surface area contributed by atoms with E-state index in [-0.39, 0.29) is 18.4 Å². The maximum atomic E-state index is 13.3. The van der Waals surface area contributed by atoms with Gasteiger partial charge in [-0.05, 0) is 49.2 Å². The molecule has 5 rings (SSSR count). The minimum atomic E-state index is -0.250. The highest BCUT2D eigenvalue weighted by Crippen LogP contribution is 2.41. The molecule has 1 unspecified atom stereocenters. The fourth-order valence-electron chi connectivity index (χ4n) is 5.21. The molecule has 0 saturated carbocycles. The lowest BCUT2D eigenvalue weighted by molar-refractivity contribution is -0.135. The minimum absolute atomic E-state index is 0.165. The molecule has 0 aliphatic carbocycles. The lowest BCUT2D eigenvalue weighted by Gasteiger charge is -2.29. The standard InChI is InChI=1S/C26H33N3O3.2CH2O2/c30-25-26(11-13-29(25)15-14-27-16-18-31-19-17-27)10-12-28(21-26)20-22-6-8-24(9-7-22)32-23-4-2-1-3-5-23;2*2-1-3/h1-9H,10-21H2;2*1H,(H,2,3). The number of morpholine rings is 1. The molecule has 3 aliphatic rings. The topological polar surface area (TPSA) is 120 Å². The largest absolute Gasteiger partial charge is 0.483 e. The molecule has 2 aromatic carbocycles. The molecule has 1 atom stereocenters. The van der Waals surface area contributed by atoms with Crippen LogP contribution >= 0.6 is 0 Å². The normalized spacial score (nSPS) is 21.3. The Kier molecular flexibility index (Phi) is 11.5. The van der Waals surface area contributed by atoms with Crippen molar-refractivity contribution >= 4 is 18.9 Å². The molecule has 206 valence electrons. The Balaban J connectivity index is 0.000000611. The lowest BCUT2D eigenvalue weighted by atomic mass is 9.85. The third-order valence-electron chi connectivity index (χ3n) is 7.13. The van der Waals surface area contributed by atoms with E-state index in [0.717, 1.165) is 89.9 Å². The van der Waals surface area contributed by atoms with Gasteiger partial charge in [0.15, 0.2) is 0 Å². The number of ether oxygens (including phenoxy) is 2. The van der Waals surface area contributed by atoms with Crippen molar-refractivity contribution in [3.63, 3.8) is 0 Å². The zero-order chi connectivity index (χ0) is 27.2. The van der Waals surface area contributed by atoms with E-state index in [1.54, 1.807) is 0 Å². The summed E-state index contributed by atoms with van der Waals surface area (Å²) in [5.74, 6) is 2.07. The number of amides is 1. The van der Waals surface area contributed by atoms with Crippen LogP contribution in [0.3, 0.4) is 0 Å². The van der Waals surface area contributed by atoms with Crippen LogP contribution in [0.1, 0.15) is 18.4 Å². The van der Waals surface area contributed by atoms with Gasteiger partial charge in [-0.3, -0.25) is 24.2 Å². The number of rotatable bonds is 7. The van der Waals surface area contributed by atoms with Gasteiger partial charge in [-0.2, -0.15) is 0 Å². The number of carbonyl (C=O) groups is 3. The Bertz CT molecular complexity index is 993. The van der Waals surface area contributed by atoms with E-state index >= 15 is 0 Å². The molecule has 0 radical (unpaired) electrons. The van der Waals surface area contributed by atoms with Crippen molar-refractivity contribution in [2.45, 2.75) is 19.4 Å². The van der Waals surface area contributed by atoms with Crippen LogP contribution in [0, 0.1) is 5.41 Å². The Morgan fingerprint density at radius 2 is 1.42 bits per heavy atom. The van der Waals surface area contributed by atoms with Crippen LogP contribution in [0.2, 0.25) is 0 Å². The molecule has 0 aromatic heterocycles. The molecular weight excluding hydrogens is 490 g/mol. The highest BCUT2D eigenvalue weighted by atomic mass is 16.5. The Hall–Kier alpha value is -3.47. The third kappa shape index (κ3) is 8.27. The van der Waals surface area contributed by atoms with Crippen molar-refractivity contribution in [3.8, 4) is 11.5 Å². The molecule has 0 bridgehead atoms. The summed E-state index contributed by atoms with van der Waals surface area (Å²) < 4.78 is 11.3. The van der Waals surface area contributed by atoms with Gasteiger partial charge >= 0.3 is 0 Å². The molecule has 10 heteroatoms. The summed E-state index contributed by atoms with van der Waals surface area (Å²) in [7, 11) is 0. The maximum absolute atomic E-state index is 13.3. The van der Waals surface area contributed by atoms with Crippen LogP contribution in [0.4, 0.5) is 0 Å². The first kappa shape index (κ1) is 29.1. The summed E-state index contributed by atoms with van der Waals surface area (Å²) in [6.07, 6.45) is 1.98. The number of para-hydroxylation sites is 1. The van der Waals surface area contributed by atoms with Gasteiger partial charge in [0.1, 0.15) is 11.5 Å². The number of hydrogen-bond acceptors (Lipinski definition) is 7. The van der Waals surface area contributed by atoms with Gasteiger partial charge in [-0.1, -0.05) is 30.3 Å². The second kappa shape index (κ2) is 15.1. The summed E-state index contributed by atoms with van der Waals surface area (Å²) in [4.78, 5) is 36.9. The minimum Gasteiger partial charge on any atom is -0.483 e. The van der Waals surface area contributed by atoms with Crippen molar-refractivity contribution in [2.75, 3.05) is 59.0 Å².